The van der Waals surface area contributed by atoms with E-state index in [2.05, 4.69) is 0 Å². The van der Waals surface area contributed by atoms with Crippen LogP contribution < -0.4 is 0 Å². The smallest absolute Gasteiger partial charge is 0.418 e. The second kappa shape index (κ2) is 5.40. The highest BCUT2D eigenvalue weighted by molar-refractivity contribution is 5.91. The first kappa shape index (κ1) is 15.4. The van der Waals surface area contributed by atoms with Gasteiger partial charge < -0.3 is 14.4 Å². The lowest BCUT2D eigenvalue weighted by Gasteiger charge is -2.10. The standard InChI is InChI=1S/C14H14F3NO3/c1-3-21-13(20)12(19)9-7-18(2)11-8(9)5-4-6-10(11)14(15,16)17/h4-7,12,19H,3H2,1-2H3. The zero-order valence-corrected chi connectivity index (χ0v) is 11.4. The molecule has 1 heterocycles. The number of carbonyl (C=O) groups is 1. The van der Waals surface area contributed by atoms with Crippen LogP contribution in [0.25, 0.3) is 10.9 Å². The van der Waals surface area contributed by atoms with Crippen molar-refractivity contribution in [3.63, 3.8) is 0 Å². The Morgan fingerprint density at radius 3 is 2.67 bits per heavy atom. The molecule has 7 heteroatoms. The van der Waals surface area contributed by atoms with Gasteiger partial charge in [-0.05, 0) is 13.0 Å². The summed E-state index contributed by atoms with van der Waals surface area (Å²) in [5.41, 5.74) is -0.801. The molecule has 21 heavy (non-hydrogen) atoms. The highest BCUT2D eigenvalue weighted by Gasteiger charge is 2.35. The van der Waals surface area contributed by atoms with Gasteiger partial charge in [0.25, 0.3) is 0 Å². The number of esters is 1. The average Bonchev–Trinajstić information content (AvgIpc) is 2.74. The van der Waals surface area contributed by atoms with Gasteiger partial charge in [0.05, 0.1) is 17.7 Å². The molecule has 1 aromatic carbocycles. The summed E-state index contributed by atoms with van der Waals surface area (Å²) in [6, 6.07) is 3.64. The Labute approximate surface area is 118 Å². The minimum absolute atomic E-state index is 0.0778. The largest absolute Gasteiger partial charge is 0.464 e. The van der Waals surface area contributed by atoms with Crippen molar-refractivity contribution in [2.45, 2.75) is 19.2 Å². The van der Waals surface area contributed by atoms with E-state index in [9.17, 15) is 23.1 Å². The van der Waals surface area contributed by atoms with Gasteiger partial charge in [-0.1, -0.05) is 12.1 Å². The summed E-state index contributed by atoms with van der Waals surface area (Å²) >= 11 is 0. The van der Waals surface area contributed by atoms with E-state index in [1.807, 2.05) is 0 Å². The van der Waals surface area contributed by atoms with E-state index in [4.69, 9.17) is 4.74 Å². The third-order valence-electron chi connectivity index (χ3n) is 3.14. The van der Waals surface area contributed by atoms with Crippen LogP contribution in [0.5, 0.6) is 0 Å². The van der Waals surface area contributed by atoms with Crippen molar-refractivity contribution in [3.8, 4) is 0 Å². The Bertz CT molecular complexity index is 676. The molecule has 0 radical (unpaired) electrons. The van der Waals surface area contributed by atoms with Crippen LogP contribution in [0.15, 0.2) is 24.4 Å². The molecule has 0 saturated heterocycles. The van der Waals surface area contributed by atoms with Crippen LogP contribution in [0.4, 0.5) is 13.2 Å². The summed E-state index contributed by atoms with van der Waals surface area (Å²) in [6.07, 6.45) is -4.82. The minimum Gasteiger partial charge on any atom is -0.464 e. The number of carbonyl (C=O) groups excluding carboxylic acids is 1. The van der Waals surface area contributed by atoms with Crippen molar-refractivity contribution in [1.82, 2.24) is 4.57 Å². The van der Waals surface area contributed by atoms with E-state index in [-0.39, 0.29) is 23.1 Å². The number of rotatable bonds is 3. The maximum absolute atomic E-state index is 13.0. The molecule has 114 valence electrons. The number of fused-ring (bicyclic) bond motifs is 1. The molecule has 0 spiro atoms. The molecule has 1 unspecified atom stereocenters. The van der Waals surface area contributed by atoms with Crippen molar-refractivity contribution in [3.05, 3.63) is 35.5 Å². The molecule has 2 rings (SSSR count). The van der Waals surface area contributed by atoms with Crippen LogP contribution >= 0.6 is 0 Å². The van der Waals surface area contributed by atoms with Gasteiger partial charge in [0.2, 0.25) is 0 Å². The first-order valence-electron chi connectivity index (χ1n) is 6.27. The summed E-state index contributed by atoms with van der Waals surface area (Å²) in [6.45, 7) is 1.66. The molecule has 0 bridgehead atoms. The molecule has 1 aromatic heterocycles. The maximum atomic E-state index is 13.0. The van der Waals surface area contributed by atoms with Crippen LogP contribution in [-0.4, -0.2) is 22.2 Å². The molecule has 0 amide bonds. The first-order chi connectivity index (χ1) is 9.77. The zero-order valence-electron chi connectivity index (χ0n) is 11.4. The quantitative estimate of drug-likeness (QED) is 0.887. The highest BCUT2D eigenvalue weighted by Crippen LogP contribution is 2.37. The average molecular weight is 301 g/mol. The summed E-state index contributed by atoms with van der Waals surface area (Å²) in [7, 11) is 1.43. The van der Waals surface area contributed by atoms with Crippen molar-refractivity contribution >= 4 is 16.9 Å². The minimum atomic E-state index is -4.52. The van der Waals surface area contributed by atoms with Crippen molar-refractivity contribution in [2.75, 3.05) is 6.61 Å². The normalized spacial score (nSPS) is 13.4. The zero-order chi connectivity index (χ0) is 15.8. The second-order valence-electron chi connectivity index (χ2n) is 4.55. The number of hydrogen-bond acceptors (Lipinski definition) is 3. The number of alkyl halides is 3. The molecule has 2 aromatic rings. The molecule has 0 saturated carbocycles. The number of aryl methyl sites for hydroxylation is 1. The first-order valence-corrected chi connectivity index (χ1v) is 6.27. The summed E-state index contributed by atoms with van der Waals surface area (Å²) in [5, 5.41) is 10.1. The predicted octanol–water partition coefficient (Wildman–Crippen LogP) is 2.79. The lowest BCUT2D eigenvalue weighted by Crippen LogP contribution is -2.15. The summed E-state index contributed by atoms with van der Waals surface area (Å²) < 4.78 is 45.0. The number of nitrogens with zero attached hydrogens (tertiary/aromatic N) is 1. The number of para-hydroxylation sites is 1. The van der Waals surface area contributed by atoms with Gasteiger partial charge in [-0.15, -0.1) is 0 Å². The molecule has 0 fully saturated rings. The Kier molecular flexibility index (Phi) is 3.95. The molecule has 0 aliphatic carbocycles. The maximum Gasteiger partial charge on any atom is 0.418 e. The Hall–Kier alpha value is -2.02. The van der Waals surface area contributed by atoms with E-state index in [1.54, 1.807) is 6.92 Å². The van der Waals surface area contributed by atoms with Gasteiger partial charge in [-0.3, -0.25) is 0 Å². The molecule has 1 atom stereocenters. The lowest BCUT2D eigenvalue weighted by atomic mass is 10.1. The SMILES string of the molecule is CCOC(=O)C(O)c1cn(C)c2c(C(F)(F)F)cccc12. The highest BCUT2D eigenvalue weighted by atomic mass is 19.4. The number of benzene rings is 1. The Morgan fingerprint density at radius 2 is 2.10 bits per heavy atom. The third-order valence-corrected chi connectivity index (χ3v) is 3.14. The fraction of sp³-hybridized carbons (Fsp3) is 0.357. The van der Waals surface area contributed by atoms with Gasteiger partial charge in [-0.2, -0.15) is 13.2 Å². The van der Waals surface area contributed by atoms with E-state index in [0.717, 1.165) is 6.07 Å². The van der Waals surface area contributed by atoms with Gasteiger partial charge in [0.1, 0.15) is 0 Å². The van der Waals surface area contributed by atoms with Crippen molar-refractivity contribution in [2.24, 2.45) is 7.05 Å². The number of ether oxygens (including phenoxy) is 1. The van der Waals surface area contributed by atoms with E-state index >= 15 is 0 Å². The topological polar surface area (TPSA) is 51.5 Å². The molecular weight excluding hydrogens is 287 g/mol. The lowest BCUT2D eigenvalue weighted by molar-refractivity contribution is -0.153. The van der Waals surface area contributed by atoms with Crippen molar-refractivity contribution in [1.29, 1.82) is 0 Å². The Balaban J connectivity index is 2.61. The third kappa shape index (κ3) is 2.73. The number of halogens is 3. The van der Waals surface area contributed by atoms with Gasteiger partial charge in [0, 0.05) is 24.2 Å². The fourth-order valence-electron chi connectivity index (χ4n) is 2.29. The van der Waals surface area contributed by atoms with Crippen LogP contribution in [0.3, 0.4) is 0 Å². The Morgan fingerprint density at radius 1 is 1.43 bits per heavy atom. The molecule has 4 nitrogen and oxygen atoms in total. The predicted molar refractivity (Wildman–Crippen MR) is 69.5 cm³/mol. The molecular formula is C14H14F3NO3. The summed E-state index contributed by atoms with van der Waals surface area (Å²) in [4.78, 5) is 11.6. The van der Waals surface area contributed by atoms with Crippen LogP contribution in [-0.2, 0) is 22.8 Å². The van der Waals surface area contributed by atoms with Gasteiger partial charge >= 0.3 is 12.1 Å². The molecule has 1 N–H and O–H groups in total. The van der Waals surface area contributed by atoms with E-state index in [0.29, 0.717) is 0 Å². The number of aliphatic hydroxyl groups is 1. The number of hydrogen-bond donors (Lipinski definition) is 1. The second-order valence-corrected chi connectivity index (χ2v) is 4.55. The number of aliphatic hydroxyl groups excluding tert-OH is 1. The van der Waals surface area contributed by atoms with Crippen molar-refractivity contribution < 1.29 is 27.8 Å². The molecule has 0 aliphatic heterocycles. The monoisotopic (exact) mass is 301 g/mol. The van der Waals surface area contributed by atoms with Crippen LogP contribution in [0.1, 0.15) is 24.2 Å². The number of aromatic nitrogens is 1. The van der Waals surface area contributed by atoms with Crippen LogP contribution in [0.2, 0.25) is 0 Å². The van der Waals surface area contributed by atoms with Crippen LogP contribution in [0, 0.1) is 0 Å². The van der Waals surface area contributed by atoms with E-state index in [1.165, 1.54) is 29.9 Å². The van der Waals surface area contributed by atoms with Gasteiger partial charge in [0.15, 0.2) is 6.10 Å². The molecule has 0 aliphatic rings. The summed E-state index contributed by atoms with van der Waals surface area (Å²) in [5.74, 6) is -0.887. The van der Waals surface area contributed by atoms with E-state index < -0.39 is 23.8 Å². The fourth-order valence-corrected chi connectivity index (χ4v) is 2.29. The van der Waals surface area contributed by atoms with Gasteiger partial charge in [-0.25, -0.2) is 4.79 Å².